The number of benzene rings is 1. The standard InChI is InChI=1S/C15H19N3O3/c1-11-7-13(16)10-17(9-11)15(19)6-5-12-3-2-4-14(8-12)18(20)21/h2-6,8,11,13H,7,9-10,16H2,1H3/b6-5+. The molecule has 6 nitrogen and oxygen atoms in total. The van der Waals surface area contributed by atoms with Crippen molar-refractivity contribution >= 4 is 17.7 Å². The van der Waals surface area contributed by atoms with Crippen molar-refractivity contribution in [2.24, 2.45) is 11.7 Å². The Morgan fingerprint density at radius 1 is 1.48 bits per heavy atom. The Hall–Kier alpha value is -2.21. The second kappa shape index (κ2) is 6.49. The smallest absolute Gasteiger partial charge is 0.270 e. The van der Waals surface area contributed by atoms with E-state index in [1.807, 2.05) is 0 Å². The minimum absolute atomic E-state index is 0.0122. The van der Waals surface area contributed by atoms with Gasteiger partial charge in [-0.25, -0.2) is 0 Å². The van der Waals surface area contributed by atoms with Crippen LogP contribution in [0, 0.1) is 16.0 Å². The largest absolute Gasteiger partial charge is 0.337 e. The molecule has 1 aliphatic rings. The van der Waals surface area contributed by atoms with Crippen LogP contribution < -0.4 is 5.73 Å². The van der Waals surface area contributed by atoms with E-state index >= 15 is 0 Å². The number of carbonyl (C=O) groups excluding carboxylic acids is 1. The molecule has 1 aromatic rings. The fraction of sp³-hybridized carbons (Fsp3) is 0.400. The predicted octanol–water partition coefficient (Wildman–Crippen LogP) is 1.80. The topological polar surface area (TPSA) is 89.5 Å². The molecule has 0 aromatic heterocycles. The lowest BCUT2D eigenvalue weighted by atomic mass is 9.96. The highest BCUT2D eigenvalue weighted by Crippen LogP contribution is 2.17. The van der Waals surface area contributed by atoms with Gasteiger partial charge in [-0.05, 0) is 24.0 Å². The second-order valence-electron chi connectivity index (χ2n) is 5.53. The highest BCUT2D eigenvalue weighted by molar-refractivity contribution is 5.92. The van der Waals surface area contributed by atoms with Crippen LogP contribution in [0.1, 0.15) is 18.9 Å². The van der Waals surface area contributed by atoms with Gasteiger partial charge in [0.05, 0.1) is 4.92 Å². The first-order chi connectivity index (χ1) is 9.95. The average Bonchev–Trinajstić information content (AvgIpc) is 2.44. The first kappa shape index (κ1) is 15.2. The van der Waals surface area contributed by atoms with Crippen molar-refractivity contribution < 1.29 is 9.72 Å². The molecular formula is C15H19N3O3. The van der Waals surface area contributed by atoms with E-state index in [1.165, 1.54) is 18.2 Å². The van der Waals surface area contributed by atoms with E-state index in [4.69, 9.17) is 5.73 Å². The number of amides is 1. The number of non-ortho nitro benzene ring substituents is 1. The summed E-state index contributed by atoms with van der Waals surface area (Å²) in [6.07, 6.45) is 3.97. The molecule has 0 spiro atoms. The number of carbonyl (C=O) groups is 1. The molecule has 1 heterocycles. The van der Waals surface area contributed by atoms with Crippen LogP contribution in [-0.2, 0) is 4.79 Å². The predicted molar refractivity (Wildman–Crippen MR) is 80.5 cm³/mol. The molecule has 1 amide bonds. The molecule has 1 aliphatic heterocycles. The number of nitrogens with zero attached hydrogens (tertiary/aromatic N) is 2. The Kier molecular flexibility index (Phi) is 4.70. The van der Waals surface area contributed by atoms with Gasteiger partial charge in [-0.15, -0.1) is 0 Å². The van der Waals surface area contributed by atoms with Crippen LogP contribution in [0.25, 0.3) is 6.08 Å². The Balaban J connectivity index is 2.05. The van der Waals surface area contributed by atoms with Crippen LogP contribution >= 0.6 is 0 Å². The molecule has 6 heteroatoms. The van der Waals surface area contributed by atoms with E-state index in [-0.39, 0.29) is 17.6 Å². The summed E-state index contributed by atoms with van der Waals surface area (Å²) in [5.41, 5.74) is 6.56. The van der Waals surface area contributed by atoms with E-state index in [0.29, 0.717) is 24.6 Å². The van der Waals surface area contributed by atoms with Crippen LogP contribution in [0.2, 0.25) is 0 Å². The molecule has 1 fully saturated rings. The van der Waals surface area contributed by atoms with E-state index < -0.39 is 4.92 Å². The van der Waals surface area contributed by atoms with Crippen LogP contribution in [0.5, 0.6) is 0 Å². The molecule has 0 bridgehead atoms. The molecule has 112 valence electrons. The average molecular weight is 289 g/mol. The number of likely N-dealkylation sites (tertiary alicyclic amines) is 1. The van der Waals surface area contributed by atoms with Crippen LogP contribution in [0.15, 0.2) is 30.3 Å². The molecule has 0 aliphatic carbocycles. The van der Waals surface area contributed by atoms with Crippen molar-refractivity contribution in [3.8, 4) is 0 Å². The van der Waals surface area contributed by atoms with E-state index in [9.17, 15) is 14.9 Å². The summed E-state index contributed by atoms with van der Waals surface area (Å²) in [5, 5.41) is 10.7. The SMILES string of the molecule is CC1CC(N)CN(C(=O)/C=C/c2cccc([N+](=O)[O-])c2)C1. The zero-order valence-corrected chi connectivity index (χ0v) is 11.9. The lowest BCUT2D eigenvalue weighted by Gasteiger charge is -2.34. The monoisotopic (exact) mass is 289 g/mol. The van der Waals surface area contributed by atoms with Gasteiger partial charge in [0.15, 0.2) is 0 Å². The van der Waals surface area contributed by atoms with Gasteiger partial charge < -0.3 is 10.6 Å². The summed E-state index contributed by atoms with van der Waals surface area (Å²) in [5.74, 6) is 0.285. The molecule has 2 rings (SSSR count). The molecule has 21 heavy (non-hydrogen) atoms. The van der Waals surface area contributed by atoms with Crippen molar-refractivity contribution in [3.05, 3.63) is 46.0 Å². The van der Waals surface area contributed by atoms with Gasteiger partial charge >= 0.3 is 0 Å². The van der Waals surface area contributed by atoms with Gasteiger partial charge in [0.2, 0.25) is 5.91 Å². The fourth-order valence-corrected chi connectivity index (χ4v) is 2.59. The minimum Gasteiger partial charge on any atom is -0.337 e. The van der Waals surface area contributed by atoms with Crippen molar-refractivity contribution in [2.75, 3.05) is 13.1 Å². The van der Waals surface area contributed by atoms with Crippen molar-refractivity contribution in [2.45, 2.75) is 19.4 Å². The van der Waals surface area contributed by atoms with Gasteiger partial charge in [-0.3, -0.25) is 14.9 Å². The third-order valence-electron chi connectivity index (χ3n) is 3.50. The Morgan fingerprint density at radius 2 is 2.24 bits per heavy atom. The molecule has 1 saturated heterocycles. The summed E-state index contributed by atoms with van der Waals surface area (Å²) in [6, 6.07) is 6.20. The summed E-state index contributed by atoms with van der Waals surface area (Å²) >= 11 is 0. The van der Waals surface area contributed by atoms with Gasteiger partial charge in [-0.1, -0.05) is 19.1 Å². The fourth-order valence-electron chi connectivity index (χ4n) is 2.59. The lowest BCUT2D eigenvalue weighted by Crippen LogP contribution is -2.48. The van der Waals surface area contributed by atoms with Crippen LogP contribution in [0.3, 0.4) is 0 Å². The molecule has 2 atom stereocenters. The van der Waals surface area contributed by atoms with Crippen molar-refractivity contribution in [1.82, 2.24) is 4.90 Å². The lowest BCUT2D eigenvalue weighted by molar-refractivity contribution is -0.384. The molecular weight excluding hydrogens is 270 g/mol. The summed E-state index contributed by atoms with van der Waals surface area (Å²) < 4.78 is 0. The number of rotatable bonds is 3. The normalized spacial score (nSPS) is 22.5. The van der Waals surface area contributed by atoms with Gasteiger partial charge in [-0.2, -0.15) is 0 Å². The van der Waals surface area contributed by atoms with E-state index in [1.54, 1.807) is 23.1 Å². The third-order valence-corrected chi connectivity index (χ3v) is 3.50. The van der Waals surface area contributed by atoms with E-state index in [0.717, 1.165) is 6.42 Å². The molecule has 0 radical (unpaired) electrons. The molecule has 0 saturated carbocycles. The van der Waals surface area contributed by atoms with E-state index in [2.05, 4.69) is 6.92 Å². The third kappa shape index (κ3) is 4.13. The maximum absolute atomic E-state index is 12.1. The Labute approximate surface area is 123 Å². The zero-order valence-electron chi connectivity index (χ0n) is 11.9. The Morgan fingerprint density at radius 3 is 2.90 bits per heavy atom. The first-order valence-electron chi connectivity index (χ1n) is 6.92. The second-order valence-corrected chi connectivity index (χ2v) is 5.53. The van der Waals surface area contributed by atoms with Crippen molar-refractivity contribution in [3.63, 3.8) is 0 Å². The summed E-state index contributed by atoms with van der Waals surface area (Å²) in [4.78, 5) is 24.1. The number of nitrogens with two attached hydrogens (primary N) is 1. The Bertz CT molecular complexity index is 561. The molecule has 2 N–H and O–H groups in total. The first-order valence-corrected chi connectivity index (χ1v) is 6.92. The van der Waals surface area contributed by atoms with Gasteiger partial charge in [0.1, 0.15) is 0 Å². The number of nitro groups is 1. The maximum Gasteiger partial charge on any atom is 0.270 e. The minimum atomic E-state index is -0.454. The molecule has 1 aromatic carbocycles. The number of piperidine rings is 1. The van der Waals surface area contributed by atoms with Crippen LogP contribution in [-0.4, -0.2) is 34.9 Å². The number of hydrogen-bond donors (Lipinski definition) is 1. The highest BCUT2D eigenvalue weighted by Gasteiger charge is 2.24. The number of hydrogen-bond acceptors (Lipinski definition) is 4. The summed E-state index contributed by atoms with van der Waals surface area (Å²) in [7, 11) is 0. The maximum atomic E-state index is 12.1. The highest BCUT2D eigenvalue weighted by atomic mass is 16.6. The van der Waals surface area contributed by atoms with Gasteiger partial charge in [0.25, 0.3) is 5.69 Å². The molecule has 2 unspecified atom stereocenters. The summed E-state index contributed by atoms with van der Waals surface area (Å²) in [6.45, 7) is 3.33. The van der Waals surface area contributed by atoms with Gasteiger partial charge in [0, 0.05) is 37.3 Å². The number of nitro benzene ring substituents is 1. The quantitative estimate of drug-likeness (QED) is 0.522. The van der Waals surface area contributed by atoms with Crippen molar-refractivity contribution in [1.29, 1.82) is 0 Å². The van der Waals surface area contributed by atoms with Crippen LogP contribution in [0.4, 0.5) is 5.69 Å². The zero-order chi connectivity index (χ0) is 15.4.